The van der Waals surface area contributed by atoms with Gasteiger partial charge >= 0.3 is 0 Å². The fourth-order valence-electron chi connectivity index (χ4n) is 2.13. The highest BCUT2D eigenvalue weighted by molar-refractivity contribution is 5.18. The van der Waals surface area contributed by atoms with Crippen molar-refractivity contribution in [2.45, 2.75) is 32.0 Å². The van der Waals surface area contributed by atoms with Crippen molar-refractivity contribution in [3.63, 3.8) is 0 Å². The molecule has 1 fully saturated rings. The third kappa shape index (κ3) is 1.64. The third-order valence-electron chi connectivity index (χ3n) is 2.95. The lowest BCUT2D eigenvalue weighted by atomic mass is 9.88. The van der Waals surface area contributed by atoms with E-state index in [1.54, 1.807) is 0 Å². The summed E-state index contributed by atoms with van der Waals surface area (Å²) < 4.78 is 11.2. The van der Waals surface area contributed by atoms with Crippen LogP contribution in [0.25, 0.3) is 0 Å². The first-order chi connectivity index (χ1) is 6.26. The van der Waals surface area contributed by atoms with Crippen LogP contribution >= 0.6 is 0 Å². The van der Waals surface area contributed by atoms with E-state index in [4.69, 9.17) is 14.6 Å². The summed E-state index contributed by atoms with van der Waals surface area (Å²) in [6.07, 6.45) is 2.62. The first-order valence-electron chi connectivity index (χ1n) is 4.82. The maximum absolute atomic E-state index is 9.05. The Morgan fingerprint density at radius 1 is 1.38 bits per heavy atom. The smallest absolute Gasteiger partial charge is 0.172 e. The van der Waals surface area contributed by atoms with Gasteiger partial charge in [0.15, 0.2) is 5.79 Å². The summed E-state index contributed by atoms with van der Waals surface area (Å²) >= 11 is 0. The zero-order valence-electron chi connectivity index (χ0n) is 8.01. The van der Waals surface area contributed by atoms with Crippen molar-refractivity contribution in [3.05, 3.63) is 11.1 Å². The Kier molecular flexibility index (Phi) is 2.41. The lowest BCUT2D eigenvalue weighted by molar-refractivity contribution is -0.163. The molecular formula is C10H16O3. The second-order valence-corrected chi connectivity index (χ2v) is 3.83. The van der Waals surface area contributed by atoms with Crippen LogP contribution in [0.2, 0.25) is 0 Å². The molecule has 0 aromatic rings. The van der Waals surface area contributed by atoms with E-state index in [1.807, 2.05) is 0 Å². The fourth-order valence-corrected chi connectivity index (χ4v) is 2.13. The molecular weight excluding hydrogens is 168 g/mol. The average molecular weight is 184 g/mol. The van der Waals surface area contributed by atoms with Crippen LogP contribution in [0.3, 0.4) is 0 Å². The molecule has 3 nitrogen and oxygen atoms in total. The number of hydrogen-bond acceptors (Lipinski definition) is 3. The van der Waals surface area contributed by atoms with Gasteiger partial charge in [0.25, 0.3) is 0 Å². The van der Waals surface area contributed by atoms with Gasteiger partial charge in [-0.2, -0.15) is 0 Å². The molecule has 0 saturated carbocycles. The van der Waals surface area contributed by atoms with Crippen LogP contribution in [0.1, 0.15) is 26.2 Å². The molecule has 0 atom stereocenters. The van der Waals surface area contributed by atoms with Crippen molar-refractivity contribution in [1.82, 2.24) is 0 Å². The summed E-state index contributed by atoms with van der Waals surface area (Å²) in [4.78, 5) is 0. The first kappa shape index (κ1) is 9.19. The largest absolute Gasteiger partial charge is 0.392 e. The number of aliphatic hydroxyl groups is 1. The van der Waals surface area contributed by atoms with E-state index in [9.17, 15) is 0 Å². The minimum atomic E-state index is -0.344. The minimum Gasteiger partial charge on any atom is -0.392 e. The molecule has 74 valence electrons. The Hall–Kier alpha value is -0.380. The van der Waals surface area contributed by atoms with Crippen LogP contribution in [0, 0.1) is 0 Å². The Bertz CT molecular complexity index is 226. The fraction of sp³-hybridized carbons (Fsp3) is 0.800. The van der Waals surface area contributed by atoms with Gasteiger partial charge in [-0.25, -0.2) is 0 Å². The average Bonchev–Trinajstić information content (AvgIpc) is 2.54. The number of aliphatic hydroxyl groups excluding tert-OH is 1. The molecule has 0 aromatic heterocycles. The van der Waals surface area contributed by atoms with Gasteiger partial charge in [0.2, 0.25) is 0 Å². The maximum atomic E-state index is 9.05. The zero-order valence-corrected chi connectivity index (χ0v) is 8.01. The van der Waals surface area contributed by atoms with E-state index in [2.05, 4.69) is 6.92 Å². The Labute approximate surface area is 78.3 Å². The molecule has 1 saturated heterocycles. The van der Waals surface area contributed by atoms with Crippen LogP contribution in [0.15, 0.2) is 11.1 Å². The SMILES string of the molecule is CC1=C(CO)CCC2(C1)OCCO2. The highest BCUT2D eigenvalue weighted by Gasteiger charge is 2.39. The van der Waals surface area contributed by atoms with E-state index >= 15 is 0 Å². The van der Waals surface area contributed by atoms with Crippen molar-refractivity contribution in [2.75, 3.05) is 19.8 Å². The Balaban J connectivity index is 2.11. The van der Waals surface area contributed by atoms with Crippen LogP contribution in [-0.2, 0) is 9.47 Å². The molecule has 3 heteroatoms. The lowest BCUT2D eigenvalue weighted by Gasteiger charge is -2.33. The van der Waals surface area contributed by atoms with Crippen molar-refractivity contribution >= 4 is 0 Å². The van der Waals surface area contributed by atoms with E-state index in [0.29, 0.717) is 13.2 Å². The van der Waals surface area contributed by atoms with E-state index in [1.165, 1.54) is 5.57 Å². The first-order valence-corrected chi connectivity index (χ1v) is 4.82. The number of hydrogen-bond donors (Lipinski definition) is 1. The van der Waals surface area contributed by atoms with E-state index in [-0.39, 0.29) is 12.4 Å². The van der Waals surface area contributed by atoms with Gasteiger partial charge in [0.05, 0.1) is 19.8 Å². The predicted molar refractivity (Wildman–Crippen MR) is 48.3 cm³/mol. The Morgan fingerprint density at radius 3 is 2.62 bits per heavy atom. The molecule has 0 aromatic carbocycles. The van der Waals surface area contributed by atoms with Crippen molar-refractivity contribution in [1.29, 1.82) is 0 Å². The topological polar surface area (TPSA) is 38.7 Å². The van der Waals surface area contributed by atoms with Gasteiger partial charge in [0.1, 0.15) is 0 Å². The summed E-state index contributed by atoms with van der Waals surface area (Å²) in [6.45, 7) is 3.66. The van der Waals surface area contributed by atoms with E-state index < -0.39 is 0 Å². The molecule has 1 aliphatic heterocycles. The highest BCUT2D eigenvalue weighted by atomic mass is 16.7. The highest BCUT2D eigenvalue weighted by Crippen LogP contribution is 2.38. The normalized spacial score (nSPS) is 27.2. The second kappa shape index (κ2) is 3.40. The van der Waals surface area contributed by atoms with Gasteiger partial charge in [0, 0.05) is 12.8 Å². The molecule has 2 rings (SSSR count). The van der Waals surface area contributed by atoms with Crippen LogP contribution in [0.4, 0.5) is 0 Å². The monoisotopic (exact) mass is 184 g/mol. The van der Waals surface area contributed by atoms with Crippen molar-refractivity contribution in [2.24, 2.45) is 0 Å². The molecule has 1 aliphatic carbocycles. The zero-order chi connectivity index (χ0) is 9.31. The van der Waals surface area contributed by atoms with Gasteiger partial charge in [-0.1, -0.05) is 5.57 Å². The van der Waals surface area contributed by atoms with Crippen LogP contribution < -0.4 is 0 Å². The molecule has 1 N–H and O–H groups in total. The van der Waals surface area contributed by atoms with Crippen molar-refractivity contribution < 1.29 is 14.6 Å². The quantitative estimate of drug-likeness (QED) is 0.623. The van der Waals surface area contributed by atoms with Crippen LogP contribution in [-0.4, -0.2) is 30.7 Å². The van der Waals surface area contributed by atoms with Gasteiger partial charge in [-0.3, -0.25) is 0 Å². The Morgan fingerprint density at radius 2 is 2.08 bits per heavy atom. The predicted octanol–water partition coefficient (Wildman–Crippen LogP) is 1.22. The number of rotatable bonds is 1. The summed E-state index contributed by atoms with van der Waals surface area (Å²) in [7, 11) is 0. The molecule has 1 spiro atoms. The van der Waals surface area contributed by atoms with E-state index in [0.717, 1.165) is 24.8 Å². The molecule has 13 heavy (non-hydrogen) atoms. The van der Waals surface area contributed by atoms with Gasteiger partial charge in [-0.05, 0) is 18.9 Å². The minimum absolute atomic E-state index is 0.182. The van der Waals surface area contributed by atoms with Crippen molar-refractivity contribution in [3.8, 4) is 0 Å². The molecule has 0 radical (unpaired) electrons. The summed E-state index contributed by atoms with van der Waals surface area (Å²) in [5.41, 5.74) is 2.39. The maximum Gasteiger partial charge on any atom is 0.172 e. The van der Waals surface area contributed by atoms with Crippen LogP contribution in [0.5, 0.6) is 0 Å². The summed E-state index contributed by atoms with van der Waals surface area (Å²) in [5.74, 6) is -0.344. The third-order valence-corrected chi connectivity index (χ3v) is 2.95. The lowest BCUT2D eigenvalue weighted by Crippen LogP contribution is -2.33. The standard InChI is InChI=1S/C10H16O3/c1-8-6-10(12-4-5-13-10)3-2-9(8)7-11/h11H,2-7H2,1H3. The van der Waals surface area contributed by atoms with Gasteiger partial charge < -0.3 is 14.6 Å². The number of ether oxygens (including phenoxy) is 2. The molecule has 1 heterocycles. The summed E-state index contributed by atoms with van der Waals surface area (Å²) in [5, 5.41) is 9.05. The molecule has 0 bridgehead atoms. The second-order valence-electron chi connectivity index (χ2n) is 3.83. The molecule has 0 amide bonds. The molecule has 2 aliphatic rings. The summed E-state index contributed by atoms with van der Waals surface area (Å²) in [6, 6.07) is 0. The molecule has 0 unspecified atom stereocenters. The van der Waals surface area contributed by atoms with Gasteiger partial charge in [-0.15, -0.1) is 0 Å².